The first kappa shape index (κ1) is 11.3. The van der Waals surface area contributed by atoms with E-state index in [0.717, 1.165) is 18.4 Å². The Labute approximate surface area is 87.3 Å². The molecule has 1 saturated heterocycles. The molecule has 78 valence electrons. The van der Waals surface area contributed by atoms with E-state index >= 15 is 0 Å². The minimum atomic E-state index is 0. The largest absolute Gasteiger partial charge is 0.326 e. The molecule has 4 unspecified atom stereocenters. The fraction of sp³-hybridized carbons (Fsp3) is 1.00. The van der Waals surface area contributed by atoms with Gasteiger partial charge in [0.05, 0.1) is 0 Å². The molecule has 2 fully saturated rings. The Morgan fingerprint density at radius 1 is 1.23 bits per heavy atom. The lowest BCUT2D eigenvalue weighted by Gasteiger charge is -2.14. The molecular formula is C10H21ClN2. The lowest BCUT2D eigenvalue weighted by molar-refractivity contribution is 0.307. The number of hydrogen-bond donors (Lipinski definition) is 1. The molecule has 0 bridgehead atoms. The number of rotatable bonds is 2. The van der Waals surface area contributed by atoms with Crippen molar-refractivity contribution in [2.45, 2.75) is 26.3 Å². The van der Waals surface area contributed by atoms with Crippen LogP contribution in [0.2, 0.25) is 0 Å². The molecule has 2 nitrogen and oxygen atoms in total. The van der Waals surface area contributed by atoms with Crippen LogP contribution in [0.4, 0.5) is 0 Å². The molecular weight excluding hydrogens is 184 g/mol. The molecule has 1 saturated carbocycles. The van der Waals surface area contributed by atoms with Gasteiger partial charge in [-0.2, -0.15) is 0 Å². The quantitative estimate of drug-likeness (QED) is 0.736. The van der Waals surface area contributed by atoms with Crippen molar-refractivity contribution in [3.8, 4) is 0 Å². The van der Waals surface area contributed by atoms with Gasteiger partial charge in [0.1, 0.15) is 0 Å². The summed E-state index contributed by atoms with van der Waals surface area (Å²) in [5.41, 5.74) is 5.96. The Morgan fingerprint density at radius 2 is 1.85 bits per heavy atom. The lowest BCUT2D eigenvalue weighted by atomic mass is 10.1. The Morgan fingerprint density at radius 3 is 2.23 bits per heavy atom. The molecule has 0 spiro atoms. The van der Waals surface area contributed by atoms with E-state index in [4.69, 9.17) is 5.73 Å². The van der Waals surface area contributed by atoms with Crippen molar-refractivity contribution >= 4 is 12.4 Å². The van der Waals surface area contributed by atoms with Crippen LogP contribution in [-0.4, -0.2) is 30.6 Å². The minimum Gasteiger partial charge on any atom is -0.326 e. The van der Waals surface area contributed by atoms with E-state index in [1.807, 2.05) is 0 Å². The second-order valence-electron chi connectivity index (χ2n) is 4.83. The van der Waals surface area contributed by atoms with Crippen LogP contribution in [0, 0.1) is 17.8 Å². The van der Waals surface area contributed by atoms with Gasteiger partial charge in [0.25, 0.3) is 0 Å². The summed E-state index contributed by atoms with van der Waals surface area (Å²) in [6.45, 7) is 8.28. The predicted molar refractivity (Wildman–Crippen MR) is 58.1 cm³/mol. The van der Waals surface area contributed by atoms with Gasteiger partial charge in [0, 0.05) is 25.7 Å². The zero-order chi connectivity index (χ0) is 8.72. The summed E-state index contributed by atoms with van der Waals surface area (Å²) in [5, 5.41) is 0. The molecule has 3 heteroatoms. The van der Waals surface area contributed by atoms with Crippen LogP contribution >= 0.6 is 12.4 Å². The van der Waals surface area contributed by atoms with Crippen LogP contribution in [0.1, 0.15) is 20.3 Å². The molecule has 0 aromatic heterocycles. The molecule has 1 aliphatic carbocycles. The van der Waals surface area contributed by atoms with Crippen molar-refractivity contribution in [2.24, 2.45) is 23.5 Å². The normalized spacial score (nSPS) is 44.5. The van der Waals surface area contributed by atoms with Gasteiger partial charge in [-0.3, -0.25) is 0 Å². The highest BCUT2D eigenvalue weighted by Gasteiger charge is 2.36. The molecule has 13 heavy (non-hydrogen) atoms. The van der Waals surface area contributed by atoms with Crippen LogP contribution in [0.15, 0.2) is 0 Å². The summed E-state index contributed by atoms with van der Waals surface area (Å²) in [5.74, 6) is 2.68. The number of likely N-dealkylation sites (tertiary alicyclic amines) is 1. The average molecular weight is 205 g/mol. The third kappa shape index (κ3) is 2.58. The van der Waals surface area contributed by atoms with Crippen molar-refractivity contribution in [1.29, 1.82) is 0 Å². The van der Waals surface area contributed by atoms with Crippen LogP contribution in [-0.2, 0) is 0 Å². The summed E-state index contributed by atoms with van der Waals surface area (Å²) in [4.78, 5) is 2.55. The lowest BCUT2D eigenvalue weighted by Crippen LogP contribution is -2.29. The summed E-state index contributed by atoms with van der Waals surface area (Å²) < 4.78 is 0. The maximum atomic E-state index is 5.96. The molecule has 2 rings (SSSR count). The van der Waals surface area contributed by atoms with Gasteiger partial charge in [-0.05, 0) is 24.2 Å². The number of hydrogen-bond acceptors (Lipinski definition) is 2. The zero-order valence-electron chi connectivity index (χ0n) is 8.57. The van der Waals surface area contributed by atoms with Crippen molar-refractivity contribution in [3.05, 3.63) is 0 Å². The Bertz CT molecular complexity index is 164. The maximum absolute atomic E-state index is 5.96. The second-order valence-corrected chi connectivity index (χ2v) is 4.83. The fourth-order valence-electron chi connectivity index (χ4n) is 2.23. The molecule has 0 aromatic rings. The first-order valence-electron chi connectivity index (χ1n) is 5.14. The van der Waals surface area contributed by atoms with Gasteiger partial charge >= 0.3 is 0 Å². The first-order valence-corrected chi connectivity index (χ1v) is 5.14. The Kier molecular flexibility index (Phi) is 3.61. The summed E-state index contributed by atoms with van der Waals surface area (Å²) in [6, 6.07) is 0.430. The molecule has 2 aliphatic rings. The van der Waals surface area contributed by atoms with Gasteiger partial charge < -0.3 is 10.6 Å². The van der Waals surface area contributed by atoms with E-state index in [1.54, 1.807) is 0 Å². The van der Waals surface area contributed by atoms with Crippen molar-refractivity contribution < 1.29 is 0 Å². The topological polar surface area (TPSA) is 29.3 Å². The van der Waals surface area contributed by atoms with E-state index in [0.29, 0.717) is 12.0 Å². The third-order valence-electron chi connectivity index (χ3n) is 3.51. The highest BCUT2D eigenvalue weighted by atomic mass is 35.5. The van der Waals surface area contributed by atoms with Gasteiger partial charge in [0.15, 0.2) is 0 Å². The summed E-state index contributed by atoms with van der Waals surface area (Å²) >= 11 is 0. The molecule has 1 heterocycles. The fourth-order valence-corrected chi connectivity index (χ4v) is 2.23. The van der Waals surface area contributed by atoms with E-state index < -0.39 is 0 Å². The smallest absolute Gasteiger partial charge is 0.0206 e. The minimum absolute atomic E-state index is 0. The number of nitrogens with zero attached hydrogens (tertiary/aromatic N) is 1. The third-order valence-corrected chi connectivity index (χ3v) is 3.51. The molecule has 4 atom stereocenters. The maximum Gasteiger partial charge on any atom is 0.0206 e. The monoisotopic (exact) mass is 204 g/mol. The van der Waals surface area contributed by atoms with Crippen LogP contribution < -0.4 is 5.73 Å². The van der Waals surface area contributed by atoms with E-state index in [1.165, 1.54) is 19.5 Å². The van der Waals surface area contributed by atoms with E-state index in [9.17, 15) is 0 Å². The summed E-state index contributed by atoms with van der Waals surface area (Å²) in [6.07, 6.45) is 1.44. The SMILES string of the molecule is CC1CN(CC2CC2C)CC1N.Cl. The average Bonchev–Trinajstić information content (AvgIpc) is 2.56. The van der Waals surface area contributed by atoms with Crippen molar-refractivity contribution in [3.63, 3.8) is 0 Å². The van der Waals surface area contributed by atoms with Gasteiger partial charge in [-0.1, -0.05) is 13.8 Å². The first-order chi connectivity index (χ1) is 5.66. The molecule has 0 aromatic carbocycles. The highest BCUT2D eigenvalue weighted by molar-refractivity contribution is 5.85. The van der Waals surface area contributed by atoms with Gasteiger partial charge in [-0.15, -0.1) is 12.4 Å². The van der Waals surface area contributed by atoms with E-state index in [-0.39, 0.29) is 12.4 Å². The van der Waals surface area contributed by atoms with Gasteiger partial charge in [0.2, 0.25) is 0 Å². The standard InChI is InChI=1S/C10H20N2.ClH/c1-7-3-9(7)5-12-4-8(2)10(11)6-12;/h7-10H,3-6,11H2,1-2H3;1H. The van der Waals surface area contributed by atoms with Crippen molar-refractivity contribution in [2.75, 3.05) is 19.6 Å². The van der Waals surface area contributed by atoms with Crippen LogP contribution in [0.25, 0.3) is 0 Å². The molecule has 1 aliphatic heterocycles. The predicted octanol–water partition coefficient (Wildman–Crippen LogP) is 1.34. The Balaban J connectivity index is 0.000000845. The number of halogens is 1. The molecule has 0 radical (unpaired) electrons. The second kappa shape index (κ2) is 4.16. The van der Waals surface area contributed by atoms with E-state index in [2.05, 4.69) is 18.7 Å². The van der Waals surface area contributed by atoms with Crippen molar-refractivity contribution in [1.82, 2.24) is 4.90 Å². The zero-order valence-corrected chi connectivity index (χ0v) is 9.39. The molecule has 0 amide bonds. The highest BCUT2D eigenvalue weighted by Crippen LogP contribution is 2.38. The molecule has 2 N–H and O–H groups in total. The number of nitrogens with two attached hydrogens (primary N) is 1. The van der Waals surface area contributed by atoms with Crippen LogP contribution in [0.3, 0.4) is 0 Å². The Hall–Kier alpha value is 0.210. The van der Waals surface area contributed by atoms with Gasteiger partial charge in [-0.25, -0.2) is 0 Å². The van der Waals surface area contributed by atoms with Crippen LogP contribution in [0.5, 0.6) is 0 Å². The summed E-state index contributed by atoms with van der Waals surface area (Å²) in [7, 11) is 0.